The van der Waals surface area contributed by atoms with Crippen LogP contribution in [-0.2, 0) is 21.3 Å². The molecule has 3 heterocycles. The van der Waals surface area contributed by atoms with Gasteiger partial charge >= 0.3 is 0 Å². The molecule has 0 amide bonds. The average Bonchev–Trinajstić information content (AvgIpc) is 3.11. The van der Waals surface area contributed by atoms with E-state index in [0.717, 1.165) is 25.8 Å². The van der Waals surface area contributed by atoms with Gasteiger partial charge in [0, 0.05) is 12.7 Å². The molecule has 0 aliphatic carbocycles. The number of rotatable bonds is 6. The number of aromatic nitrogens is 2. The maximum absolute atomic E-state index is 12.3. The molecule has 0 saturated carbocycles. The zero-order valence-corrected chi connectivity index (χ0v) is 12.3. The predicted octanol–water partition coefficient (Wildman–Crippen LogP) is -0.299. The molecule has 0 aromatic carbocycles. The molecule has 2 N–H and O–H groups in total. The van der Waals surface area contributed by atoms with E-state index < -0.39 is 10.0 Å². The lowest BCUT2D eigenvalue weighted by Gasteiger charge is -2.19. The molecule has 1 aromatic heterocycles. The van der Waals surface area contributed by atoms with Crippen molar-refractivity contribution < 1.29 is 13.2 Å². The second kappa shape index (κ2) is 5.44. The van der Waals surface area contributed by atoms with E-state index in [0.29, 0.717) is 6.54 Å². The van der Waals surface area contributed by atoms with Crippen LogP contribution in [0.5, 0.6) is 0 Å². The molecule has 2 bridgehead atoms. The van der Waals surface area contributed by atoms with Crippen LogP contribution in [-0.4, -0.2) is 50.0 Å². The van der Waals surface area contributed by atoms with Crippen LogP contribution in [0.15, 0.2) is 17.3 Å². The fraction of sp³-hybridized carbons (Fsp3) is 0.750. The molecule has 8 heteroatoms. The van der Waals surface area contributed by atoms with Gasteiger partial charge in [-0.3, -0.25) is 4.68 Å². The van der Waals surface area contributed by atoms with Crippen molar-refractivity contribution >= 4 is 10.0 Å². The minimum atomic E-state index is -3.50. The first-order valence-corrected chi connectivity index (χ1v) is 8.41. The van der Waals surface area contributed by atoms with Gasteiger partial charge in [0.05, 0.1) is 31.0 Å². The van der Waals surface area contributed by atoms with Gasteiger partial charge in [0.2, 0.25) is 10.0 Å². The fourth-order valence-corrected chi connectivity index (χ4v) is 4.09. The third kappa shape index (κ3) is 2.73. The number of nitrogens with one attached hydrogen (secondary N) is 2. The van der Waals surface area contributed by atoms with E-state index in [4.69, 9.17) is 4.74 Å². The second-order valence-corrected chi connectivity index (χ2v) is 7.09. The Bertz CT molecular complexity index is 571. The Morgan fingerprint density at radius 3 is 3.00 bits per heavy atom. The fourth-order valence-electron chi connectivity index (χ4n) is 2.86. The Hall–Kier alpha value is -0.960. The molecule has 3 rings (SSSR count). The molecule has 2 aliphatic rings. The molecule has 20 heavy (non-hydrogen) atoms. The van der Waals surface area contributed by atoms with Crippen LogP contribution in [0.3, 0.4) is 0 Å². The van der Waals surface area contributed by atoms with E-state index >= 15 is 0 Å². The topological polar surface area (TPSA) is 85.2 Å². The number of nitrogens with zero attached hydrogens (tertiary/aromatic N) is 2. The third-order valence-electron chi connectivity index (χ3n) is 3.92. The zero-order chi connectivity index (χ0) is 14.2. The Morgan fingerprint density at radius 1 is 1.50 bits per heavy atom. The lowest BCUT2D eigenvalue weighted by Crippen LogP contribution is -2.41. The van der Waals surface area contributed by atoms with Crippen molar-refractivity contribution in [3.8, 4) is 0 Å². The number of sulfonamides is 1. The number of hydrogen-bond acceptors (Lipinski definition) is 5. The highest BCUT2D eigenvalue weighted by Gasteiger charge is 2.42. The molecule has 0 spiro atoms. The Balaban J connectivity index is 1.67. The summed E-state index contributed by atoms with van der Waals surface area (Å²) in [5, 5.41) is 7.07. The highest BCUT2D eigenvalue weighted by molar-refractivity contribution is 7.89. The van der Waals surface area contributed by atoms with Gasteiger partial charge in [0.1, 0.15) is 4.90 Å². The van der Waals surface area contributed by atoms with Gasteiger partial charge in [-0.2, -0.15) is 5.10 Å². The van der Waals surface area contributed by atoms with Crippen LogP contribution in [0.1, 0.15) is 19.3 Å². The van der Waals surface area contributed by atoms with E-state index in [-0.39, 0.29) is 23.1 Å². The van der Waals surface area contributed by atoms with Gasteiger partial charge in [-0.1, -0.05) is 0 Å². The summed E-state index contributed by atoms with van der Waals surface area (Å²) in [4.78, 5) is 0.219. The molecule has 112 valence electrons. The van der Waals surface area contributed by atoms with Crippen molar-refractivity contribution in [3.05, 3.63) is 12.4 Å². The summed E-state index contributed by atoms with van der Waals surface area (Å²) in [5.41, 5.74) is 0. The van der Waals surface area contributed by atoms with Gasteiger partial charge < -0.3 is 10.1 Å². The third-order valence-corrected chi connectivity index (χ3v) is 5.37. The summed E-state index contributed by atoms with van der Waals surface area (Å²) in [5.74, 6) is 0. The quantitative estimate of drug-likeness (QED) is 0.753. The largest absolute Gasteiger partial charge is 0.373 e. The van der Waals surface area contributed by atoms with E-state index in [2.05, 4.69) is 15.1 Å². The summed E-state index contributed by atoms with van der Waals surface area (Å²) >= 11 is 0. The summed E-state index contributed by atoms with van der Waals surface area (Å²) in [6.45, 7) is 1.39. The summed E-state index contributed by atoms with van der Waals surface area (Å²) < 4.78 is 34.7. The normalized spacial score (nSPS) is 29.1. The second-order valence-electron chi connectivity index (χ2n) is 5.38. The number of likely N-dealkylation sites (N-methyl/N-ethyl adjacent to an activating group) is 1. The van der Waals surface area contributed by atoms with Crippen LogP contribution in [0.4, 0.5) is 0 Å². The minimum Gasteiger partial charge on any atom is -0.373 e. The van der Waals surface area contributed by atoms with E-state index in [1.165, 1.54) is 6.20 Å². The molecule has 3 unspecified atom stereocenters. The first-order chi connectivity index (χ1) is 9.58. The SMILES string of the molecule is CNCCn1cc(S(=O)(=O)NC2CC3CCC2O3)cn1. The van der Waals surface area contributed by atoms with Gasteiger partial charge in [-0.25, -0.2) is 13.1 Å². The first kappa shape index (κ1) is 14.0. The standard InChI is InChI=1S/C12H20N4O3S/c1-13-4-5-16-8-10(7-14-16)20(17,18)15-11-6-9-2-3-12(11)19-9/h7-9,11-13,15H,2-6H2,1H3. The monoisotopic (exact) mass is 300 g/mol. The highest BCUT2D eigenvalue weighted by atomic mass is 32.2. The van der Waals surface area contributed by atoms with Crippen molar-refractivity contribution in [3.63, 3.8) is 0 Å². The lowest BCUT2D eigenvalue weighted by atomic mass is 9.96. The van der Waals surface area contributed by atoms with Crippen molar-refractivity contribution in [1.29, 1.82) is 0 Å². The van der Waals surface area contributed by atoms with Gasteiger partial charge in [0.25, 0.3) is 0 Å². The average molecular weight is 300 g/mol. The number of fused-ring (bicyclic) bond motifs is 2. The predicted molar refractivity (Wildman–Crippen MR) is 72.8 cm³/mol. The van der Waals surface area contributed by atoms with Gasteiger partial charge in [0.15, 0.2) is 0 Å². The summed E-state index contributed by atoms with van der Waals surface area (Å²) in [6, 6.07) is -0.0978. The van der Waals surface area contributed by atoms with Crippen LogP contribution >= 0.6 is 0 Å². The summed E-state index contributed by atoms with van der Waals surface area (Å²) in [6.07, 6.45) is 5.99. The van der Waals surface area contributed by atoms with Crippen molar-refractivity contribution in [1.82, 2.24) is 19.8 Å². The van der Waals surface area contributed by atoms with E-state index in [1.54, 1.807) is 10.9 Å². The number of hydrogen-bond donors (Lipinski definition) is 2. The zero-order valence-electron chi connectivity index (χ0n) is 11.4. The molecular weight excluding hydrogens is 280 g/mol. The van der Waals surface area contributed by atoms with Gasteiger partial charge in [-0.05, 0) is 26.3 Å². The van der Waals surface area contributed by atoms with Crippen LogP contribution in [0.25, 0.3) is 0 Å². The van der Waals surface area contributed by atoms with Gasteiger partial charge in [-0.15, -0.1) is 0 Å². The summed E-state index contributed by atoms with van der Waals surface area (Å²) in [7, 11) is -1.66. The Labute approximate surface area is 118 Å². The molecule has 7 nitrogen and oxygen atoms in total. The highest BCUT2D eigenvalue weighted by Crippen LogP contribution is 2.34. The molecular formula is C12H20N4O3S. The Kier molecular flexibility index (Phi) is 3.80. The molecule has 2 saturated heterocycles. The van der Waals surface area contributed by atoms with Crippen molar-refractivity contribution in [2.24, 2.45) is 0 Å². The first-order valence-electron chi connectivity index (χ1n) is 6.93. The van der Waals surface area contributed by atoms with Crippen molar-refractivity contribution in [2.45, 2.75) is 49.0 Å². The lowest BCUT2D eigenvalue weighted by molar-refractivity contribution is 0.0996. The molecule has 2 aliphatic heterocycles. The van der Waals surface area contributed by atoms with Crippen LogP contribution in [0, 0.1) is 0 Å². The van der Waals surface area contributed by atoms with E-state index in [9.17, 15) is 8.42 Å². The van der Waals surface area contributed by atoms with Crippen LogP contribution < -0.4 is 10.0 Å². The molecule has 2 fully saturated rings. The maximum Gasteiger partial charge on any atom is 0.244 e. The molecule has 3 atom stereocenters. The smallest absolute Gasteiger partial charge is 0.244 e. The maximum atomic E-state index is 12.3. The molecule has 0 radical (unpaired) electrons. The Morgan fingerprint density at radius 2 is 2.35 bits per heavy atom. The molecule has 1 aromatic rings. The van der Waals surface area contributed by atoms with Crippen molar-refractivity contribution in [2.75, 3.05) is 13.6 Å². The van der Waals surface area contributed by atoms with Crippen LogP contribution in [0.2, 0.25) is 0 Å². The minimum absolute atomic E-state index is 0.0362. The van der Waals surface area contributed by atoms with E-state index in [1.807, 2.05) is 7.05 Å². The number of ether oxygens (including phenoxy) is 1.